The molecule has 1 unspecified atom stereocenters. The van der Waals surface area contributed by atoms with Crippen LogP contribution >= 0.6 is 0 Å². The van der Waals surface area contributed by atoms with E-state index in [4.69, 9.17) is 4.74 Å². The third-order valence-corrected chi connectivity index (χ3v) is 2.63. The number of ketones is 1. The molecule has 0 radical (unpaired) electrons. The summed E-state index contributed by atoms with van der Waals surface area (Å²) in [6.07, 6.45) is 1.83. The second-order valence-corrected chi connectivity index (χ2v) is 4.21. The Morgan fingerprint density at radius 1 is 1.31 bits per heavy atom. The Labute approximate surface area is 97.6 Å². The molecule has 0 spiro atoms. The zero-order valence-corrected chi connectivity index (χ0v) is 10.3. The lowest BCUT2D eigenvalue weighted by Gasteiger charge is -2.09. The molecule has 0 aliphatic rings. The van der Waals surface area contributed by atoms with Crippen LogP contribution in [0.5, 0.6) is 5.75 Å². The van der Waals surface area contributed by atoms with Crippen molar-refractivity contribution in [2.75, 3.05) is 6.61 Å². The number of rotatable bonds is 6. The third-order valence-electron chi connectivity index (χ3n) is 2.63. The monoisotopic (exact) mass is 220 g/mol. The maximum absolute atomic E-state index is 11.1. The highest BCUT2D eigenvalue weighted by molar-refractivity contribution is 5.78. The minimum absolute atomic E-state index is 0.0995. The summed E-state index contributed by atoms with van der Waals surface area (Å²) in [5, 5.41) is 0. The Hall–Kier alpha value is -1.31. The molecular formula is C14H20O2. The van der Waals surface area contributed by atoms with Crippen molar-refractivity contribution < 1.29 is 9.53 Å². The molecule has 2 heteroatoms. The molecule has 88 valence electrons. The van der Waals surface area contributed by atoms with E-state index >= 15 is 0 Å². The summed E-state index contributed by atoms with van der Waals surface area (Å²) in [6.45, 7) is 6.44. The van der Waals surface area contributed by atoms with E-state index in [0.717, 1.165) is 25.2 Å². The fraction of sp³-hybridized carbons (Fsp3) is 0.500. The summed E-state index contributed by atoms with van der Waals surface area (Å²) in [5.74, 6) is 1.25. The number of benzene rings is 1. The first-order valence-corrected chi connectivity index (χ1v) is 5.85. The predicted octanol–water partition coefficient (Wildman–Crippen LogP) is 3.24. The fourth-order valence-corrected chi connectivity index (χ4v) is 1.44. The van der Waals surface area contributed by atoms with Crippen molar-refractivity contribution in [3.8, 4) is 5.75 Å². The van der Waals surface area contributed by atoms with Crippen LogP contribution in [0.3, 0.4) is 0 Å². The van der Waals surface area contributed by atoms with Crippen LogP contribution in [0, 0.1) is 5.92 Å². The van der Waals surface area contributed by atoms with Gasteiger partial charge in [0.2, 0.25) is 0 Å². The molecule has 0 aliphatic heterocycles. The molecule has 1 aromatic rings. The van der Waals surface area contributed by atoms with E-state index in [0.29, 0.717) is 0 Å². The van der Waals surface area contributed by atoms with E-state index < -0.39 is 0 Å². The van der Waals surface area contributed by atoms with E-state index in [1.54, 1.807) is 6.92 Å². The smallest absolute Gasteiger partial charge is 0.132 e. The zero-order valence-electron chi connectivity index (χ0n) is 10.3. The van der Waals surface area contributed by atoms with Crippen LogP contribution < -0.4 is 4.74 Å². The Morgan fingerprint density at radius 3 is 2.44 bits per heavy atom. The lowest BCUT2D eigenvalue weighted by atomic mass is 9.98. The third kappa shape index (κ3) is 4.05. The molecule has 0 aromatic heterocycles. The Kier molecular flexibility index (Phi) is 5.03. The van der Waals surface area contributed by atoms with Crippen LogP contribution in [0.15, 0.2) is 24.3 Å². The molecule has 0 amide bonds. The van der Waals surface area contributed by atoms with Gasteiger partial charge in [-0.2, -0.15) is 0 Å². The topological polar surface area (TPSA) is 26.3 Å². The molecular weight excluding hydrogens is 200 g/mol. The van der Waals surface area contributed by atoms with Crippen LogP contribution in [0.25, 0.3) is 0 Å². The largest absolute Gasteiger partial charge is 0.494 e. The number of Topliss-reactive ketones (excluding diaryl/α,β-unsaturated/α-hetero) is 1. The first-order chi connectivity index (χ1) is 7.63. The van der Waals surface area contributed by atoms with Gasteiger partial charge in [-0.25, -0.2) is 0 Å². The van der Waals surface area contributed by atoms with Crippen molar-refractivity contribution in [1.82, 2.24) is 0 Å². The maximum atomic E-state index is 11.1. The summed E-state index contributed by atoms with van der Waals surface area (Å²) in [4.78, 5) is 11.1. The van der Waals surface area contributed by atoms with E-state index in [1.165, 1.54) is 5.56 Å². The average Bonchev–Trinajstić information content (AvgIpc) is 2.28. The predicted molar refractivity (Wildman–Crippen MR) is 65.8 cm³/mol. The van der Waals surface area contributed by atoms with E-state index in [2.05, 4.69) is 6.92 Å². The van der Waals surface area contributed by atoms with Gasteiger partial charge in [-0.15, -0.1) is 0 Å². The van der Waals surface area contributed by atoms with E-state index in [-0.39, 0.29) is 11.7 Å². The minimum atomic E-state index is 0.0995. The standard InChI is InChI=1S/C14H20O2/c1-4-9-16-14-7-5-13(6-8-14)10-11(2)12(3)15/h5-8,11H,4,9-10H2,1-3H3. The number of ether oxygens (including phenoxy) is 1. The van der Waals surface area contributed by atoms with Crippen molar-refractivity contribution >= 4 is 5.78 Å². The van der Waals surface area contributed by atoms with Crippen LogP contribution in [-0.4, -0.2) is 12.4 Å². The van der Waals surface area contributed by atoms with Gasteiger partial charge in [-0.05, 0) is 37.5 Å². The number of carbonyl (C=O) groups excluding carboxylic acids is 1. The zero-order chi connectivity index (χ0) is 12.0. The SMILES string of the molecule is CCCOc1ccc(CC(C)C(C)=O)cc1. The first kappa shape index (κ1) is 12.8. The van der Waals surface area contributed by atoms with E-state index in [9.17, 15) is 4.79 Å². The van der Waals surface area contributed by atoms with Crippen molar-refractivity contribution in [1.29, 1.82) is 0 Å². The summed E-state index contributed by atoms with van der Waals surface area (Å²) in [6, 6.07) is 8.00. The molecule has 0 saturated carbocycles. The molecule has 0 saturated heterocycles. The van der Waals surface area contributed by atoms with Gasteiger partial charge in [-0.3, -0.25) is 4.79 Å². The van der Waals surface area contributed by atoms with Crippen LogP contribution in [0.2, 0.25) is 0 Å². The van der Waals surface area contributed by atoms with Gasteiger partial charge in [-0.1, -0.05) is 26.0 Å². The van der Waals surface area contributed by atoms with Gasteiger partial charge in [0.15, 0.2) is 0 Å². The van der Waals surface area contributed by atoms with Crippen LogP contribution in [0.4, 0.5) is 0 Å². The van der Waals surface area contributed by atoms with Gasteiger partial charge >= 0.3 is 0 Å². The molecule has 16 heavy (non-hydrogen) atoms. The normalized spacial score (nSPS) is 12.2. The van der Waals surface area contributed by atoms with Gasteiger partial charge in [0.1, 0.15) is 11.5 Å². The molecule has 0 bridgehead atoms. The summed E-state index contributed by atoms with van der Waals surface area (Å²) in [5.41, 5.74) is 1.19. The molecule has 2 nitrogen and oxygen atoms in total. The number of hydrogen-bond acceptors (Lipinski definition) is 2. The Morgan fingerprint density at radius 2 is 1.94 bits per heavy atom. The quantitative estimate of drug-likeness (QED) is 0.735. The highest BCUT2D eigenvalue weighted by atomic mass is 16.5. The maximum Gasteiger partial charge on any atom is 0.132 e. The molecule has 0 N–H and O–H groups in total. The van der Waals surface area contributed by atoms with Gasteiger partial charge in [0.25, 0.3) is 0 Å². The van der Waals surface area contributed by atoms with Crippen LogP contribution in [-0.2, 0) is 11.2 Å². The average molecular weight is 220 g/mol. The molecule has 0 aliphatic carbocycles. The first-order valence-electron chi connectivity index (χ1n) is 5.85. The molecule has 0 fully saturated rings. The second kappa shape index (κ2) is 6.31. The molecule has 0 heterocycles. The van der Waals surface area contributed by atoms with Gasteiger partial charge < -0.3 is 4.74 Å². The second-order valence-electron chi connectivity index (χ2n) is 4.21. The lowest BCUT2D eigenvalue weighted by Crippen LogP contribution is -2.09. The fourth-order valence-electron chi connectivity index (χ4n) is 1.44. The summed E-state index contributed by atoms with van der Waals surface area (Å²) < 4.78 is 5.50. The molecule has 1 rings (SSSR count). The van der Waals surface area contributed by atoms with Crippen molar-refractivity contribution in [3.63, 3.8) is 0 Å². The summed E-state index contributed by atoms with van der Waals surface area (Å²) in [7, 11) is 0. The summed E-state index contributed by atoms with van der Waals surface area (Å²) >= 11 is 0. The number of carbonyl (C=O) groups is 1. The van der Waals surface area contributed by atoms with Crippen LogP contribution in [0.1, 0.15) is 32.8 Å². The molecule has 1 aromatic carbocycles. The van der Waals surface area contributed by atoms with Crippen molar-refractivity contribution in [2.45, 2.75) is 33.6 Å². The van der Waals surface area contributed by atoms with Gasteiger partial charge in [0.05, 0.1) is 6.61 Å². The lowest BCUT2D eigenvalue weighted by molar-refractivity contribution is -0.120. The Balaban J connectivity index is 2.54. The van der Waals surface area contributed by atoms with Crippen molar-refractivity contribution in [3.05, 3.63) is 29.8 Å². The number of hydrogen-bond donors (Lipinski definition) is 0. The van der Waals surface area contributed by atoms with Crippen molar-refractivity contribution in [2.24, 2.45) is 5.92 Å². The van der Waals surface area contributed by atoms with E-state index in [1.807, 2.05) is 31.2 Å². The van der Waals surface area contributed by atoms with Gasteiger partial charge in [0, 0.05) is 5.92 Å². The highest BCUT2D eigenvalue weighted by Crippen LogP contribution is 2.15. The molecule has 1 atom stereocenters. The highest BCUT2D eigenvalue weighted by Gasteiger charge is 2.08. The Bertz CT molecular complexity index is 327. The minimum Gasteiger partial charge on any atom is -0.494 e.